The molecule has 2 aliphatic heterocycles. The maximum Gasteiger partial charge on any atom is 0.416 e. The Bertz CT molecular complexity index is 1070. The monoisotopic (exact) mass is 459 g/mol. The number of carbonyl (C=O) groups excluding carboxylic acids is 3. The zero-order valence-corrected chi connectivity index (χ0v) is 18.0. The molecule has 2 saturated heterocycles. The van der Waals surface area contributed by atoms with Crippen LogP contribution in [0.1, 0.15) is 40.7 Å². The molecule has 0 atom stereocenters. The summed E-state index contributed by atoms with van der Waals surface area (Å²) in [4.78, 5) is 42.3. The van der Waals surface area contributed by atoms with Crippen LogP contribution in [0.5, 0.6) is 0 Å². The van der Waals surface area contributed by atoms with Crippen molar-refractivity contribution in [2.24, 2.45) is 0 Å². The van der Waals surface area contributed by atoms with Gasteiger partial charge in [0.1, 0.15) is 0 Å². The standard InChI is InChI=1S/C24H24F3N3O3/c25-24(26,27)20-8-2-1-5-18(20)16-29-14-13-28(12-10-21(29)31)23(33)17-6-3-7-19(15-17)30-11-4-9-22(30)32/h1-3,5-8,15H,4,9-14,16H2. The lowest BCUT2D eigenvalue weighted by atomic mass is 10.1. The maximum atomic E-state index is 13.3. The van der Waals surface area contributed by atoms with Crippen molar-refractivity contribution < 1.29 is 27.6 Å². The van der Waals surface area contributed by atoms with Crippen molar-refractivity contribution in [3.63, 3.8) is 0 Å². The maximum absolute atomic E-state index is 13.3. The zero-order chi connectivity index (χ0) is 23.6. The summed E-state index contributed by atoms with van der Waals surface area (Å²) in [6.07, 6.45) is -3.21. The second-order valence-electron chi connectivity index (χ2n) is 8.21. The van der Waals surface area contributed by atoms with Crippen LogP contribution in [0.2, 0.25) is 0 Å². The van der Waals surface area contributed by atoms with Crippen LogP contribution in [0, 0.1) is 0 Å². The van der Waals surface area contributed by atoms with Gasteiger partial charge in [-0.2, -0.15) is 13.2 Å². The van der Waals surface area contributed by atoms with E-state index in [2.05, 4.69) is 0 Å². The average molecular weight is 459 g/mol. The molecule has 0 unspecified atom stereocenters. The van der Waals surface area contributed by atoms with E-state index in [0.717, 1.165) is 12.5 Å². The molecule has 0 aromatic heterocycles. The van der Waals surface area contributed by atoms with Crippen molar-refractivity contribution >= 4 is 23.4 Å². The van der Waals surface area contributed by atoms with E-state index in [9.17, 15) is 27.6 Å². The highest BCUT2D eigenvalue weighted by Crippen LogP contribution is 2.32. The highest BCUT2D eigenvalue weighted by atomic mass is 19.4. The van der Waals surface area contributed by atoms with Crippen LogP contribution in [0.4, 0.5) is 18.9 Å². The van der Waals surface area contributed by atoms with Gasteiger partial charge in [-0.15, -0.1) is 0 Å². The van der Waals surface area contributed by atoms with Crippen molar-refractivity contribution in [3.05, 3.63) is 65.2 Å². The molecule has 0 N–H and O–H groups in total. The Morgan fingerprint density at radius 2 is 1.67 bits per heavy atom. The fourth-order valence-corrected chi connectivity index (χ4v) is 4.29. The molecule has 0 radical (unpaired) electrons. The average Bonchev–Trinajstić information content (AvgIpc) is 3.14. The van der Waals surface area contributed by atoms with Gasteiger partial charge in [-0.3, -0.25) is 14.4 Å². The molecule has 6 nitrogen and oxygen atoms in total. The van der Waals surface area contributed by atoms with Crippen LogP contribution in [-0.4, -0.2) is 53.7 Å². The molecule has 33 heavy (non-hydrogen) atoms. The Labute approximate surface area is 189 Å². The minimum atomic E-state index is -4.50. The predicted octanol–water partition coefficient (Wildman–Crippen LogP) is 3.71. The number of alkyl halides is 3. The summed E-state index contributed by atoms with van der Waals surface area (Å²) >= 11 is 0. The van der Waals surface area contributed by atoms with Crippen LogP contribution in [-0.2, 0) is 22.3 Å². The van der Waals surface area contributed by atoms with Crippen molar-refractivity contribution in [1.82, 2.24) is 9.80 Å². The van der Waals surface area contributed by atoms with Crippen LogP contribution >= 0.6 is 0 Å². The molecule has 9 heteroatoms. The summed E-state index contributed by atoms with van der Waals surface area (Å²) in [5.74, 6) is -0.540. The highest BCUT2D eigenvalue weighted by Gasteiger charge is 2.34. The zero-order valence-electron chi connectivity index (χ0n) is 18.0. The third-order valence-corrected chi connectivity index (χ3v) is 6.04. The Balaban J connectivity index is 1.46. The summed E-state index contributed by atoms with van der Waals surface area (Å²) in [5.41, 5.74) is 0.347. The number of nitrogens with zero attached hydrogens (tertiary/aromatic N) is 3. The Morgan fingerprint density at radius 1 is 0.879 bits per heavy atom. The van der Waals surface area contributed by atoms with Gasteiger partial charge in [0, 0.05) is 56.8 Å². The summed E-state index contributed by atoms with van der Waals surface area (Å²) in [6.45, 7) is 0.987. The molecule has 0 spiro atoms. The van der Waals surface area contributed by atoms with E-state index in [1.165, 1.54) is 23.1 Å². The number of halogens is 3. The quantitative estimate of drug-likeness (QED) is 0.701. The van der Waals surface area contributed by atoms with E-state index in [4.69, 9.17) is 0 Å². The lowest BCUT2D eigenvalue weighted by Crippen LogP contribution is -2.36. The van der Waals surface area contributed by atoms with Gasteiger partial charge in [0.25, 0.3) is 5.91 Å². The van der Waals surface area contributed by atoms with Gasteiger partial charge in [0.2, 0.25) is 11.8 Å². The number of carbonyl (C=O) groups is 3. The van der Waals surface area contributed by atoms with Gasteiger partial charge in [-0.1, -0.05) is 24.3 Å². The van der Waals surface area contributed by atoms with Crippen LogP contribution < -0.4 is 4.90 Å². The molecule has 2 aliphatic rings. The Kier molecular flexibility index (Phi) is 6.40. The summed E-state index contributed by atoms with van der Waals surface area (Å²) in [6, 6.07) is 12.1. The SMILES string of the molecule is O=C1CCN(C(=O)c2cccc(N3CCCC3=O)c2)CCN1Cc1ccccc1C(F)(F)F. The van der Waals surface area contributed by atoms with E-state index in [1.54, 1.807) is 34.1 Å². The first-order chi connectivity index (χ1) is 15.7. The second kappa shape index (κ2) is 9.25. The third-order valence-electron chi connectivity index (χ3n) is 6.04. The van der Waals surface area contributed by atoms with Crippen molar-refractivity contribution in [3.8, 4) is 0 Å². The molecule has 4 rings (SSSR count). The minimum Gasteiger partial charge on any atom is -0.337 e. The van der Waals surface area contributed by atoms with Crippen molar-refractivity contribution in [2.75, 3.05) is 31.1 Å². The molecule has 2 heterocycles. The van der Waals surface area contributed by atoms with Gasteiger partial charge < -0.3 is 14.7 Å². The molecule has 2 fully saturated rings. The van der Waals surface area contributed by atoms with E-state index in [0.29, 0.717) is 24.2 Å². The molecule has 3 amide bonds. The van der Waals surface area contributed by atoms with Gasteiger partial charge in [0.15, 0.2) is 0 Å². The van der Waals surface area contributed by atoms with Gasteiger partial charge in [-0.05, 0) is 36.2 Å². The molecule has 0 aliphatic carbocycles. The fraction of sp³-hybridized carbons (Fsp3) is 0.375. The van der Waals surface area contributed by atoms with E-state index in [-0.39, 0.29) is 55.9 Å². The first-order valence-electron chi connectivity index (χ1n) is 10.9. The largest absolute Gasteiger partial charge is 0.416 e. The predicted molar refractivity (Wildman–Crippen MR) is 115 cm³/mol. The highest BCUT2D eigenvalue weighted by molar-refractivity contribution is 5.99. The van der Waals surface area contributed by atoms with Crippen LogP contribution in [0.15, 0.2) is 48.5 Å². The van der Waals surface area contributed by atoms with Crippen LogP contribution in [0.3, 0.4) is 0 Å². The van der Waals surface area contributed by atoms with Crippen LogP contribution in [0.25, 0.3) is 0 Å². The Morgan fingerprint density at radius 3 is 2.39 bits per heavy atom. The molecule has 2 aromatic rings. The topological polar surface area (TPSA) is 60.9 Å². The second-order valence-corrected chi connectivity index (χ2v) is 8.21. The third kappa shape index (κ3) is 5.02. The van der Waals surface area contributed by atoms with E-state index >= 15 is 0 Å². The summed E-state index contributed by atoms with van der Waals surface area (Å²) in [5, 5.41) is 0. The molecule has 174 valence electrons. The first kappa shape index (κ1) is 22.8. The Hall–Kier alpha value is -3.36. The van der Waals surface area contributed by atoms with E-state index < -0.39 is 11.7 Å². The van der Waals surface area contributed by atoms with Gasteiger partial charge in [0.05, 0.1) is 5.56 Å². The summed E-state index contributed by atoms with van der Waals surface area (Å²) < 4.78 is 40.0. The number of rotatable bonds is 4. The van der Waals surface area contributed by atoms with Gasteiger partial charge >= 0.3 is 6.18 Å². The van der Waals surface area contributed by atoms with Crippen molar-refractivity contribution in [2.45, 2.75) is 32.0 Å². The molecular weight excluding hydrogens is 435 g/mol. The summed E-state index contributed by atoms with van der Waals surface area (Å²) in [7, 11) is 0. The molecular formula is C24H24F3N3O3. The number of benzene rings is 2. The number of amides is 3. The lowest BCUT2D eigenvalue weighted by Gasteiger charge is -2.24. The lowest BCUT2D eigenvalue weighted by molar-refractivity contribution is -0.139. The van der Waals surface area contributed by atoms with Gasteiger partial charge in [-0.25, -0.2) is 0 Å². The molecule has 0 bridgehead atoms. The first-order valence-corrected chi connectivity index (χ1v) is 10.9. The molecule has 0 saturated carbocycles. The number of hydrogen-bond acceptors (Lipinski definition) is 3. The minimum absolute atomic E-state index is 0.0229. The number of hydrogen-bond donors (Lipinski definition) is 0. The molecule has 2 aromatic carbocycles. The van der Waals surface area contributed by atoms with Crippen molar-refractivity contribution in [1.29, 1.82) is 0 Å². The number of anilines is 1. The fourth-order valence-electron chi connectivity index (χ4n) is 4.29. The smallest absolute Gasteiger partial charge is 0.337 e. The van der Waals surface area contributed by atoms with E-state index in [1.807, 2.05) is 0 Å². The normalized spacial score (nSPS) is 17.5.